The molecule has 1 aromatic heterocycles. The number of esters is 1. The van der Waals surface area contributed by atoms with Crippen LogP contribution in [0.1, 0.15) is 16.4 Å². The van der Waals surface area contributed by atoms with Gasteiger partial charge in [0.05, 0.1) is 32.6 Å². The van der Waals surface area contributed by atoms with Gasteiger partial charge in [-0.25, -0.2) is 9.78 Å². The Bertz CT molecular complexity index is 741. The van der Waals surface area contributed by atoms with E-state index in [2.05, 4.69) is 19.5 Å². The van der Waals surface area contributed by atoms with Crippen molar-refractivity contribution in [1.29, 1.82) is 0 Å². The number of benzene rings is 1. The number of piperazine rings is 1. The Morgan fingerprint density at radius 3 is 2.72 bits per heavy atom. The number of anilines is 1. The molecule has 7 nitrogen and oxygen atoms in total. The number of carbonyl (C=O) groups excluding carboxylic acids is 1. The molecule has 0 unspecified atom stereocenters. The Labute approximate surface area is 151 Å². The smallest absolute Gasteiger partial charge is 0.375 e. The normalized spacial score (nSPS) is 15.2. The first-order valence-electron chi connectivity index (χ1n) is 7.94. The predicted molar refractivity (Wildman–Crippen MR) is 93.3 cm³/mol. The lowest BCUT2D eigenvalue weighted by molar-refractivity contribution is 0.0561. The Morgan fingerprint density at radius 2 is 2.04 bits per heavy atom. The summed E-state index contributed by atoms with van der Waals surface area (Å²) in [6.07, 6.45) is 1.40. The third-order valence-electron chi connectivity index (χ3n) is 4.15. The number of methoxy groups -OCH3 is 2. The third kappa shape index (κ3) is 4.05. The standard InChI is InChI=1S/C17H20ClN3O4/c1-23-14-9-12(18)3-4-13(14)21-7-5-20(6-8-21)11-16-19-10-15(25-16)17(22)24-2/h3-4,9-10H,5-8,11H2,1-2H3. The zero-order valence-electron chi connectivity index (χ0n) is 14.2. The van der Waals surface area contributed by atoms with E-state index >= 15 is 0 Å². The Balaban J connectivity index is 1.59. The highest BCUT2D eigenvalue weighted by Gasteiger charge is 2.22. The molecular weight excluding hydrogens is 346 g/mol. The highest BCUT2D eigenvalue weighted by Crippen LogP contribution is 2.31. The first-order valence-corrected chi connectivity index (χ1v) is 8.32. The lowest BCUT2D eigenvalue weighted by Crippen LogP contribution is -2.46. The van der Waals surface area contributed by atoms with Crippen molar-refractivity contribution in [1.82, 2.24) is 9.88 Å². The molecule has 0 bridgehead atoms. The van der Waals surface area contributed by atoms with E-state index in [1.807, 2.05) is 18.2 Å². The average molecular weight is 366 g/mol. The van der Waals surface area contributed by atoms with Crippen LogP contribution in [0.5, 0.6) is 5.75 Å². The summed E-state index contributed by atoms with van der Waals surface area (Å²) < 4.78 is 15.5. The van der Waals surface area contributed by atoms with Crippen molar-refractivity contribution in [3.8, 4) is 5.75 Å². The van der Waals surface area contributed by atoms with Crippen molar-refractivity contribution < 1.29 is 18.7 Å². The zero-order chi connectivity index (χ0) is 17.8. The van der Waals surface area contributed by atoms with E-state index in [-0.39, 0.29) is 5.76 Å². The summed E-state index contributed by atoms with van der Waals surface area (Å²) in [6, 6.07) is 5.67. The Hall–Kier alpha value is -2.25. The summed E-state index contributed by atoms with van der Waals surface area (Å²) in [5.41, 5.74) is 1.04. The molecule has 0 atom stereocenters. The summed E-state index contributed by atoms with van der Waals surface area (Å²) in [5.74, 6) is 0.898. The molecule has 0 spiro atoms. The van der Waals surface area contributed by atoms with Crippen LogP contribution in [0.3, 0.4) is 0 Å². The highest BCUT2D eigenvalue weighted by atomic mass is 35.5. The second-order valence-electron chi connectivity index (χ2n) is 5.69. The van der Waals surface area contributed by atoms with E-state index < -0.39 is 5.97 Å². The topological polar surface area (TPSA) is 68.0 Å². The van der Waals surface area contributed by atoms with E-state index in [1.165, 1.54) is 13.3 Å². The fourth-order valence-corrected chi connectivity index (χ4v) is 2.99. The largest absolute Gasteiger partial charge is 0.495 e. The molecule has 0 saturated carbocycles. The Morgan fingerprint density at radius 1 is 1.28 bits per heavy atom. The fourth-order valence-electron chi connectivity index (χ4n) is 2.83. The van der Waals surface area contributed by atoms with E-state index in [4.69, 9.17) is 20.8 Å². The van der Waals surface area contributed by atoms with Crippen molar-refractivity contribution in [2.24, 2.45) is 0 Å². The number of aromatic nitrogens is 1. The van der Waals surface area contributed by atoms with Gasteiger partial charge in [0.25, 0.3) is 0 Å². The summed E-state index contributed by atoms with van der Waals surface area (Å²) >= 11 is 6.03. The van der Waals surface area contributed by atoms with Gasteiger partial charge in [0.15, 0.2) is 0 Å². The minimum atomic E-state index is -0.515. The molecule has 25 heavy (non-hydrogen) atoms. The molecule has 1 fully saturated rings. The van der Waals surface area contributed by atoms with E-state index in [1.54, 1.807) is 7.11 Å². The van der Waals surface area contributed by atoms with Crippen LogP contribution in [0, 0.1) is 0 Å². The summed E-state index contributed by atoms with van der Waals surface area (Å²) in [7, 11) is 2.96. The first-order chi connectivity index (χ1) is 12.1. The number of nitrogens with zero attached hydrogens (tertiary/aromatic N) is 3. The van der Waals surface area contributed by atoms with Gasteiger partial charge in [-0.2, -0.15) is 0 Å². The van der Waals surface area contributed by atoms with Crippen LogP contribution in [0.4, 0.5) is 5.69 Å². The van der Waals surface area contributed by atoms with Crippen molar-refractivity contribution >= 4 is 23.3 Å². The maximum absolute atomic E-state index is 11.4. The SMILES string of the molecule is COC(=O)c1cnc(CN2CCN(c3ccc(Cl)cc3OC)CC2)o1. The monoisotopic (exact) mass is 365 g/mol. The van der Waals surface area contributed by atoms with Crippen molar-refractivity contribution in [3.05, 3.63) is 41.1 Å². The molecule has 1 aliphatic rings. The van der Waals surface area contributed by atoms with Crippen LogP contribution in [0.25, 0.3) is 0 Å². The number of hydrogen-bond donors (Lipinski definition) is 0. The molecule has 134 valence electrons. The summed E-state index contributed by atoms with van der Waals surface area (Å²) in [6.45, 7) is 3.96. The molecule has 0 radical (unpaired) electrons. The molecule has 0 aliphatic carbocycles. The van der Waals surface area contributed by atoms with Crippen molar-refractivity contribution in [2.45, 2.75) is 6.54 Å². The molecule has 0 amide bonds. The van der Waals surface area contributed by atoms with Crippen molar-refractivity contribution in [2.75, 3.05) is 45.3 Å². The van der Waals surface area contributed by atoms with E-state index in [9.17, 15) is 4.79 Å². The number of oxazole rings is 1. The van der Waals surface area contributed by atoms with Gasteiger partial charge in [-0.1, -0.05) is 11.6 Å². The molecule has 1 aromatic carbocycles. The molecule has 0 N–H and O–H groups in total. The third-order valence-corrected chi connectivity index (χ3v) is 4.39. The maximum Gasteiger partial charge on any atom is 0.375 e. The van der Waals surface area contributed by atoms with Gasteiger partial charge in [0.1, 0.15) is 5.75 Å². The predicted octanol–water partition coefficient (Wildman–Crippen LogP) is 2.45. The molecule has 2 heterocycles. The number of rotatable bonds is 5. The molecule has 1 saturated heterocycles. The van der Waals surface area contributed by atoms with Gasteiger partial charge in [0, 0.05) is 37.3 Å². The minimum absolute atomic E-state index is 0.127. The zero-order valence-corrected chi connectivity index (χ0v) is 15.0. The molecule has 8 heteroatoms. The number of ether oxygens (including phenoxy) is 2. The lowest BCUT2D eigenvalue weighted by Gasteiger charge is -2.36. The van der Waals surface area contributed by atoms with Crippen LogP contribution in [0.15, 0.2) is 28.8 Å². The minimum Gasteiger partial charge on any atom is -0.495 e. The molecule has 2 aromatic rings. The highest BCUT2D eigenvalue weighted by molar-refractivity contribution is 6.30. The van der Waals surface area contributed by atoms with E-state index in [0.717, 1.165) is 37.6 Å². The van der Waals surface area contributed by atoms with Gasteiger partial charge in [-0.05, 0) is 12.1 Å². The quantitative estimate of drug-likeness (QED) is 0.754. The van der Waals surface area contributed by atoms with Crippen molar-refractivity contribution in [3.63, 3.8) is 0 Å². The number of halogens is 1. The van der Waals surface area contributed by atoms with Gasteiger partial charge >= 0.3 is 5.97 Å². The average Bonchev–Trinajstić information content (AvgIpc) is 3.10. The lowest BCUT2D eigenvalue weighted by atomic mass is 10.2. The summed E-state index contributed by atoms with van der Waals surface area (Å²) in [5, 5.41) is 0.657. The van der Waals surface area contributed by atoms with Crippen LogP contribution in [-0.2, 0) is 11.3 Å². The fraction of sp³-hybridized carbons (Fsp3) is 0.412. The van der Waals surface area contributed by atoms with Crippen LogP contribution in [-0.4, -0.2) is 56.3 Å². The first kappa shape index (κ1) is 17.6. The van der Waals surface area contributed by atoms with Gasteiger partial charge < -0.3 is 18.8 Å². The molecule has 3 rings (SSSR count). The summed E-state index contributed by atoms with van der Waals surface area (Å²) in [4.78, 5) is 20.0. The van der Waals surface area contributed by atoms with Gasteiger partial charge in [-0.15, -0.1) is 0 Å². The number of carbonyl (C=O) groups is 1. The number of hydrogen-bond acceptors (Lipinski definition) is 7. The van der Waals surface area contributed by atoms with Gasteiger partial charge in [-0.3, -0.25) is 4.90 Å². The second kappa shape index (κ2) is 7.76. The van der Waals surface area contributed by atoms with Crippen LogP contribution < -0.4 is 9.64 Å². The Kier molecular flexibility index (Phi) is 5.45. The van der Waals surface area contributed by atoms with E-state index in [0.29, 0.717) is 17.5 Å². The maximum atomic E-state index is 11.4. The van der Waals surface area contributed by atoms with Crippen LogP contribution in [0.2, 0.25) is 5.02 Å². The van der Waals surface area contributed by atoms with Gasteiger partial charge in [0.2, 0.25) is 11.7 Å². The van der Waals surface area contributed by atoms with Crippen LogP contribution >= 0.6 is 11.6 Å². The second-order valence-corrected chi connectivity index (χ2v) is 6.13. The molecular formula is C17H20ClN3O4. The molecule has 1 aliphatic heterocycles.